The molecule has 3 aliphatic rings. The first-order valence-electron chi connectivity index (χ1n) is 14.3. The number of aliphatic hydroxyl groups excluding tert-OH is 1. The Bertz CT molecular complexity index is 1320. The van der Waals surface area contributed by atoms with Gasteiger partial charge in [0.1, 0.15) is 17.6 Å². The number of anilines is 1. The van der Waals surface area contributed by atoms with Crippen LogP contribution < -0.4 is 10.6 Å². The highest BCUT2D eigenvalue weighted by molar-refractivity contribution is 7.17. The van der Waals surface area contributed by atoms with Crippen LogP contribution in [0.15, 0.2) is 12.3 Å². The number of hydrogen-bond donors (Lipinski definition) is 3. The Hall–Kier alpha value is -2.87. The molecule has 2 saturated carbocycles. The van der Waals surface area contributed by atoms with E-state index in [0.29, 0.717) is 38.5 Å². The van der Waals surface area contributed by atoms with Gasteiger partial charge in [-0.05, 0) is 70.3 Å². The molecule has 2 aliphatic carbocycles. The first kappa shape index (κ1) is 30.6. The molecule has 5 atom stereocenters. The summed E-state index contributed by atoms with van der Waals surface area (Å²) in [6, 6.07) is -1.54. The van der Waals surface area contributed by atoms with E-state index in [2.05, 4.69) is 20.6 Å². The third-order valence-electron chi connectivity index (χ3n) is 8.42. The molecule has 0 spiro atoms. The summed E-state index contributed by atoms with van der Waals surface area (Å²) in [7, 11) is 0. The van der Waals surface area contributed by atoms with Gasteiger partial charge in [-0.25, -0.2) is 18.7 Å². The lowest BCUT2D eigenvalue weighted by atomic mass is 10.1. The molecule has 0 radical (unpaired) electrons. The van der Waals surface area contributed by atoms with Gasteiger partial charge in [0.25, 0.3) is 18.2 Å². The van der Waals surface area contributed by atoms with Gasteiger partial charge >= 0.3 is 6.18 Å². The van der Waals surface area contributed by atoms with Crippen molar-refractivity contribution in [2.45, 2.75) is 108 Å². The minimum atomic E-state index is -4.58. The molecule has 1 aliphatic heterocycles. The van der Waals surface area contributed by atoms with Gasteiger partial charge in [-0.15, -0.1) is 11.3 Å². The van der Waals surface area contributed by atoms with Crippen molar-refractivity contribution in [3.63, 3.8) is 0 Å². The number of carbonyl (C=O) groups is 2. The van der Waals surface area contributed by atoms with E-state index in [1.165, 1.54) is 0 Å². The predicted octanol–water partition coefficient (Wildman–Crippen LogP) is 5.94. The van der Waals surface area contributed by atoms with Gasteiger partial charge in [0, 0.05) is 35.4 Å². The second-order valence-corrected chi connectivity index (χ2v) is 12.5. The van der Waals surface area contributed by atoms with Gasteiger partial charge in [0.15, 0.2) is 5.01 Å². The molecule has 230 valence electrons. The number of thiazole rings is 1. The number of nitrogens with zero attached hydrogens (tertiary/aromatic N) is 3. The minimum Gasteiger partial charge on any atom is -0.393 e. The van der Waals surface area contributed by atoms with E-state index >= 15 is 0 Å². The zero-order chi connectivity index (χ0) is 30.3. The second-order valence-electron chi connectivity index (χ2n) is 11.5. The van der Waals surface area contributed by atoms with Crippen LogP contribution in [0.25, 0.3) is 10.4 Å². The number of pyridine rings is 1. The zero-order valence-corrected chi connectivity index (χ0v) is 24.1. The molecule has 2 unspecified atom stereocenters. The van der Waals surface area contributed by atoms with Crippen LogP contribution in [0, 0.1) is 5.92 Å². The van der Waals surface area contributed by atoms with E-state index in [1.807, 2.05) is 13.8 Å². The van der Waals surface area contributed by atoms with Crippen LogP contribution in [0.3, 0.4) is 0 Å². The fourth-order valence-electron chi connectivity index (χ4n) is 6.02. The fourth-order valence-corrected chi connectivity index (χ4v) is 7.01. The van der Waals surface area contributed by atoms with Crippen LogP contribution >= 0.6 is 11.3 Å². The Morgan fingerprint density at radius 2 is 1.90 bits per heavy atom. The van der Waals surface area contributed by atoms with Crippen LogP contribution in [0.4, 0.5) is 27.8 Å². The number of alkyl halides is 5. The van der Waals surface area contributed by atoms with E-state index < -0.39 is 48.0 Å². The van der Waals surface area contributed by atoms with E-state index in [0.717, 1.165) is 36.4 Å². The Labute approximate surface area is 244 Å². The first-order valence-corrected chi connectivity index (χ1v) is 15.1. The zero-order valence-electron chi connectivity index (χ0n) is 23.3. The normalized spacial score (nSPS) is 25.2. The minimum absolute atomic E-state index is 0.00877. The van der Waals surface area contributed by atoms with Gasteiger partial charge in [-0.1, -0.05) is 6.92 Å². The van der Waals surface area contributed by atoms with Crippen LogP contribution in [0.5, 0.6) is 0 Å². The summed E-state index contributed by atoms with van der Waals surface area (Å²) in [6.45, 7) is 3.84. The summed E-state index contributed by atoms with van der Waals surface area (Å²) in [5.74, 6) is -2.09. The number of hydrogen-bond acceptors (Lipinski definition) is 7. The number of nitrogens with one attached hydrogen (secondary N) is 2. The van der Waals surface area contributed by atoms with Gasteiger partial charge in [-0.3, -0.25) is 9.59 Å². The molecule has 3 N–H and O–H groups in total. The number of rotatable bonds is 9. The molecule has 5 rings (SSSR count). The summed E-state index contributed by atoms with van der Waals surface area (Å²) >= 11 is 0.766. The molecule has 0 bridgehead atoms. The van der Waals surface area contributed by atoms with E-state index in [1.54, 1.807) is 4.90 Å². The highest BCUT2D eigenvalue weighted by Gasteiger charge is 2.49. The quantitative estimate of drug-likeness (QED) is 0.302. The maximum absolute atomic E-state index is 14.4. The lowest BCUT2D eigenvalue weighted by Gasteiger charge is -2.27. The summed E-state index contributed by atoms with van der Waals surface area (Å²) in [5.41, 5.74) is -0.949. The Kier molecular flexibility index (Phi) is 8.75. The molecule has 2 amide bonds. The van der Waals surface area contributed by atoms with Crippen molar-refractivity contribution < 1.29 is 36.6 Å². The van der Waals surface area contributed by atoms with Crippen molar-refractivity contribution in [2.24, 2.45) is 5.92 Å². The van der Waals surface area contributed by atoms with Crippen molar-refractivity contribution in [1.29, 1.82) is 0 Å². The summed E-state index contributed by atoms with van der Waals surface area (Å²) < 4.78 is 69.6. The molecule has 2 aromatic heterocycles. The second kappa shape index (κ2) is 12.0. The maximum atomic E-state index is 14.4. The molecule has 8 nitrogen and oxygen atoms in total. The predicted molar refractivity (Wildman–Crippen MR) is 147 cm³/mol. The number of aromatic nitrogens is 2. The smallest absolute Gasteiger partial charge is 0.393 e. The van der Waals surface area contributed by atoms with Crippen molar-refractivity contribution in [3.8, 4) is 10.4 Å². The lowest BCUT2D eigenvalue weighted by Crippen LogP contribution is -2.40. The number of amides is 2. The topological polar surface area (TPSA) is 107 Å². The third kappa shape index (κ3) is 6.38. The van der Waals surface area contributed by atoms with Crippen LogP contribution in [0.1, 0.15) is 97.5 Å². The Morgan fingerprint density at radius 1 is 1.17 bits per heavy atom. The van der Waals surface area contributed by atoms with Crippen LogP contribution in [0.2, 0.25) is 0 Å². The van der Waals surface area contributed by atoms with E-state index in [9.17, 15) is 36.6 Å². The number of carbonyl (C=O) groups excluding carboxylic acids is 2. The molecule has 1 saturated heterocycles. The van der Waals surface area contributed by atoms with Gasteiger partial charge in [0.05, 0.1) is 11.0 Å². The molecule has 0 aromatic carbocycles. The summed E-state index contributed by atoms with van der Waals surface area (Å²) in [4.78, 5) is 37.1. The first-order chi connectivity index (χ1) is 19.9. The van der Waals surface area contributed by atoms with Gasteiger partial charge in [-0.2, -0.15) is 13.2 Å². The molecule has 3 heterocycles. The lowest BCUT2D eigenvalue weighted by molar-refractivity contribution is -0.146. The average molecular weight is 616 g/mol. The van der Waals surface area contributed by atoms with Crippen molar-refractivity contribution in [3.05, 3.63) is 28.5 Å². The van der Waals surface area contributed by atoms with Crippen molar-refractivity contribution in [1.82, 2.24) is 20.2 Å². The van der Waals surface area contributed by atoms with Crippen molar-refractivity contribution in [2.75, 3.05) is 5.32 Å². The van der Waals surface area contributed by atoms with Crippen LogP contribution in [-0.4, -0.2) is 68.2 Å². The SMILES string of the molecule is CCC1CCC(C)N1C(=O)c1nc(C(=O)N[C@H]2CC[C@H](O)C2)sc1-c1cnc(N[C@@H](C2CC2)C(F)(F)F)cc1C(F)F. The number of halogens is 5. The monoisotopic (exact) mass is 615 g/mol. The average Bonchev–Trinajstić information content (AvgIpc) is 3.33. The Balaban J connectivity index is 1.53. The Morgan fingerprint density at radius 3 is 2.50 bits per heavy atom. The molecule has 42 heavy (non-hydrogen) atoms. The molecule has 14 heteroatoms. The van der Waals surface area contributed by atoms with E-state index in [-0.39, 0.29) is 45.1 Å². The largest absolute Gasteiger partial charge is 0.408 e. The highest BCUT2D eigenvalue weighted by Crippen LogP contribution is 2.43. The molecule has 3 fully saturated rings. The van der Waals surface area contributed by atoms with Gasteiger partial charge < -0.3 is 20.6 Å². The molecular weight excluding hydrogens is 581 g/mol. The number of likely N-dealkylation sites (tertiary alicyclic amines) is 1. The highest BCUT2D eigenvalue weighted by atomic mass is 32.1. The van der Waals surface area contributed by atoms with Crippen molar-refractivity contribution >= 4 is 29.0 Å². The van der Waals surface area contributed by atoms with Gasteiger partial charge in [0.2, 0.25) is 0 Å². The standard InChI is InChI=1S/C28H34F5N5O3S/c1-3-16-8-4-13(2)38(16)27(41)21-22(42-26(37-21)25(40)35-15-7-9-17(39)10-15)19-12-34-20(11-18(19)24(29)30)36-23(14-5-6-14)28(31,32)33/h11-17,23-24,39H,3-10H2,1-2H3,(H,34,36)(H,35,40)/t13?,15-,16?,17-,23-/m0/s1. The molecular formula is C28H34F5N5O3S. The van der Waals surface area contributed by atoms with Crippen LogP contribution in [-0.2, 0) is 0 Å². The number of aliphatic hydroxyl groups is 1. The third-order valence-corrected chi connectivity index (χ3v) is 9.51. The maximum Gasteiger partial charge on any atom is 0.408 e. The van der Waals surface area contributed by atoms with E-state index in [4.69, 9.17) is 0 Å². The summed E-state index contributed by atoms with van der Waals surface area (Å²) in [5, 5.41) is 14.8. The fraction of sp³-hybridized carbons (Fsp3) is 0.643. The summed E-state index contributed by atoms with van der Waals surface area (Å²) in [6.07, 6.45) is -2.78. The molecule has 2 aromatic rings.